The minimum Gasteiger partial charge on any atom is -0.485 e. The van der Waals surface area contributed by atoms with Gasteiger partial charge in [-0.2, -0.15) is 5.10 Å². The zero-order chi connectivity index (χ0) is 16.2. The molecule has 2 heterocycles. The van der Waals surface area contributed by atoms with Crippen molar-refractivity contribution in [2.45, 2.75) is 19.6 Å². The molecule has 1 aliphatic heterocycles. The van der Waals surface area contributed by atoms with Gasteiger partial charge in [0, 0.05) is 13.6 Å². The highest BCUT2D eigenvalue weighted by molar-refractivity contribution is 5.75. The molecule has 7 nitrogen and oxygen atoms in total. The second-order valence-corrected chi connectivity index (χ2v) is 5.61. The van der Waals surface area contributed by atoms with E-state index in [1.54, 1.807) is 11.9 Å². The van der Waals surface area contributed by atoms with Gasteiger partial charge < -0.3 is 14.5 Å². The Balaban J connectivity index is 1.63. The predicted octanol–water partition coefficient (Wildman–Crippen LogP) is 1.02. The van der Waals surface area contributed by atoms with Gasteiger partial charge in [0.15, 0.2) is 0 Å². The SMILES string of the molecule is CCN1C[C@H](CN(C)C(=O)Cn2cncn2)Oc2ccccc21. The quantitative estimate of drug-likeness (QED) is 0.824. The van der Waals surface area contributed by atoms with E-state index in [-0.39, 0.29) is 18.6 Å². The minimum atomic E-state index is -0.0467. The largest absolute Gasteiger partial charge is 0.485 e. The minimum absolute atomic E-state index is 0.0130. The van der Waals surface area contributed by atoms with Gasteiger partial charge in [0.1, 0.15) is 31.1 Å². The lowest BCUT2D eigenvalue weighted by atomic mass is 10.2. The fourth-order valence-corrected chi connectivity index (χ4v) is 2.75. The van der Waals surface area contributed by atoms with Crippen LogP contribution in [0, 0.1) is 0 Å². The lowest BCUT2D eigenvalue weighted by molar-refractivity contribution is -0.131. The van der Waals surface area contributed by atoms with Crippen molar-refractivity contribution in [1.82, 2.24) is 19.7 Å². The van der Waals surface area contributed by atoms with Crippen molar-refractivity contribution in [3.05, 3.63) is 36.9 Å². The number of hydrogen-bond donors (Lipinski definition) is 0. The van der Waals surface area contributed by atoms with Crippen LogP contribution in [0.1, 0.15) is 6.92 Å². The van der Waals surface area contributed by atoms with Gasteiger partial charge in [0.05, 0.1) is 18.8 Å². The van der Waals surface area contributed by atoms with Crippen LogP contribution in [0.4, 0.5) is 5.69 Å². The first-order valence-electron chi connectivity index (χ1n) is 7.74. The molecule has 1 aromatic heterocycles. The molecule has 0 fully saturated rings. The standard InChI is InChI=1S/C16H21N5O2/c1-3-20-9-13(23-15-7-5-4-6-14(15)20)8-19(2)16(22)10-21-12-17-11-18-21/h4-7,11-13H,3,8-10H2,1-2H3/t13-/m0/s1. The summed E-state index contributed by atoms with van der Waals surface area (Å²) in [6, 6.07) is 8.02. The molecule has 0 saturated carbocycles. The number of amides is 1. The summed E-state index contributed by atoms with van der Waals surface area (Å²) in [6.45, 7) is 4.54. The Morgan fingerprint density at radius 3 is 3.00 bits per heavy atom. The van der Waals surface area contributed by atoms with Gasteiger partial charge in [0.2, 0.25) is 5.91 Å². The number of para-hydroxylation sites is 2. The smallest absolute Gasteiger partial charge is 0.244 e. The number of nitrogens with zero attached hydrogens (tertiary/aromatic N) is 5. The molecule has 0 saturated heterocycles. The van der Waals surface area contributed by atoms with Crippen LogP contribution in [-0.2, 0) is 11.3 Å². The summed E-state index contributed by atoms with van der Waals surface area (Å²) in [6.07, 6.45) is 2.92. The van der Waals surface area contributed by atoms with Crippen LogP contribution in [0.3, 0.4) is 0 Å². The van der Waals surface area contributed by atoms with E-state index < -0.39 is 0 Å². The normalized spacial score (nSPS) is 16.6. The Hall–Kier alpha value is -2.57. The third-order valence-electron chi connectivity index (χ3n) is 3.97. The van der Waals surface area contributed by atoms with Gasteiger partial charge in [-0.25, -0.2) is 9.67 Å². The monoisotopic (exact) mass is 315 g/mol. The lowest BCUT2D eigenvalue weighted by Crippen LogP contribution is -2.47. The number of carbonyl (C=O) groups excluding carboxylic acids is 1. The van der Waals surface area contributed by atoms with Gasteiger partial charge in [0.25, 0.3) is 0 Å². The number of anilines is 1. The first-order valence-corrected chi connectivity index (χ1v) is 7.74. The maximum Gasteiger partial charge on any atom is 0.244 e. The first kappa shape index (κ1) is 15.3. The highest BCUT2D eigenvalue weighted by Crippen LogP contribution is 2.32. The number of benzene rings is 1. The van der Waals surface area contributed by atoms with E-state index in [1.807, 2.05) is 18.2 Å². The molecule has 0 bridgehead atoms. The molecular weight excluding hydrogens is 294 g/mol. The molecule has 0 unspecified atom stereocenters. The second-order valence-electron chi connectivity index (χ2n) is 5.61. The second kappa shape index (κ2) is 6.68. The highest BCUT2D eigenvalue weighted by Gasteiger charge is 2.26. The van der Waals surface area contributed by atoms with E-state index in [0.717, 1.165) is 24.5 Å². The summed E-state index contributed by atoms with van der Waals surface area (Å²) in [4.78, 5) is 20.1. The van der Waals surface area contributed by atoms with Crippen LogP contribution in [0.5, 0.6) is 5.75 Å². The topological polar surface area (TPSA) is 63.5 Å². The molecule has 1 atom stereocenters. The van der Waals surface area contributed by atoms with Gasteiger partial charge in [-0.1, -0.05) is 12.1 Å². The Kier molecular flexibility index (Phi) is 4.45. The summed E-state index contributed by atoms with van der Waals surface area (Å²) in [5, 5.41) is 3.96. The van der Waals surface area contributed by atoms with E-state index in [0.29, 0.717) is 6.54 Å². The molecule has 0 N–H and O–H groups in total. The molecule has 7 heteroatoms. The first-order chi connectivity index (χ1) is 11.2. The van der Waals surface area contributed by atoms with Crippen LogP contribution in [-0.4, -0.2) is 58.4 Å². The van der Waals surface area contributed by atoms with Crippen molar-refractivity contribution in [3.8, 4) is 5.75 Å². The molecular formula is C16H21N5O2. The van der Waals surface area contributed by atoms with Crippen LogP contribution in [0.25, 0.3) is 0 Å². The van der Waals surface area contributed by atoms with E-state index in [9.17, 15) is 4.79 Å². The van der Waals surface area contributed by atoms with Crippen molar-refractivity contribution >= 4 is 11.6 Å². The molecule has 1 amide bonds. The van der Waals surface area contributed by atoms with E-state index in [1.165, 1.54) is 17.3 Å². The van der Waals surface area contributed by atoms with Crippen molar-refractivity contribution in [2.75, 3.05) is 31.6 Å². The van der Waals surface area contributed by atoms with Crippen molar-refractivity contribution in [3.63, 3.8) is 0 Å². The summed E-state index contributed by atoms with van der Waals surface area (Å²) >= 11 is 0. The average Bonchev–Trinajstić information content (AvgIpc) is 3.07. The van der Waals surface area contributed by atoms with Gasteiger partial charge in [-0.05, 0) is 19.1 Å². The Bertz CT molecular complexity index is 658. The Morgan fingerprint density at radius 1 is 1.43 bits per heavy atom. The molecule has 2 aromatic rings. The number of ether oxygens (including phenoxy) is 1. The number of aromatic nitrogens is 3. The average molecular weight is 315 g/mol. The third kappa shape index (κ3) is 3.44. The molecule has 1 aliphatic rings. The molecule has 0 spiro atoms. The number of hydrogen-bond acceptors (Lipinski definition) is 5. The molecule has 122 valence electrons. The van der Waals surface area contributed by atoms with E-state index in [4.69, 9.17) is 4.74 Å². The summed E-state index contributed by atoms with van der Waals surface area (Å²) < 4.78 is 7.57. The van der Waals surface area contributed by atoms with Crippen LogP contribution in [0.15, 0.2) is 36.9 Å². The molecule has 23 heavy (non-hydrogen) atoms. The highest BCUT2D eigenvalue weighted by atomic mass is 16.5. The molecule has 0 radical (unpaired) electrons. The number of fused-ring (bicyclic) bond motifs is 1. The van der Waals surface area contributed by atoms with E-state index >= 15 is 0 Å². The van der Waals surface area contributed by atoms with Crippen LogP contribution >= 0.6 is 0 Å². The van der Waals surface area contributed by atoms with Crippen molar-refractivity contribution < 1.29 is 9.53 Å². The summed E-state index contributed by atoms with van der Waals surface area (Å²) in [7, 11) is 1.79. The lowest BCUT2D eigenvalue weighted by Gasteiger charge is -2.37. The van der Waals surface area contributed by atoms with Crippen molar-refractivity contribution in [1.29, 1.82) is 0 Å². The van der Waals surface area contributed by atoms with Gasteiger partial charge in [-0.3, -0.25) is 4.79 Å². The third-order valence-corrected chi connectivity index (χ3v) is 3.97. The van der Waals surface area contributed by atoms with Crippen molar-refractivity contribution in [2.24, 2.45) is 0 Å². The van der Waals surface area contributed by atoms with Crippen LogP contribution in [0.2, 0.25) is 0 Å². The molecule has 1 aromatic carbocycles. The van der Waals surface area contributed by atoms with Crippen LogP contribution < -0.4 is 9.64 Å². The number of rotatable bonds is 5. The molecule has 0 aliphatic carbocycles. The predicted molar refractivity (Wildman–Crippen MR) is 86.4 cm³/mol. The van der Waals surface area contributed by atoms with Gasteiger partial charge >= 0.3 is 0 Å². The molecule has 3 rings (SSSR count). The summed E-state index contributed by atoms with van der Waals surface area (Å²) in [5.41, 5.74) is 1.11. The summed E-state index contributed by atoms with van der Waals surface area (Å²) in [5.74, 6) is 0.865. The maximum absolute atomic E-state index is 12.2. The maximum atomic E-state index is 12.2. The fraction of sp³-hybridized carbons (Fsp3) is 0.438. The van der Waals surface area contributed by atoms with Gasteiger partial charge in [-0.15, -0.1) is 0 Å². The number of carbonyl (C=O) groups is 1. The fourth-order valence-electron chi connectivity index (χ4n) is 2.75. The Labute approximate surface area is 135 Å². The number of likely N-dealkylation sites (N-methyl/N-ethyl adjacent to an activating group) is 2. The zero-order valence-electron chi connectivity index (χ0n) is 13.4. The van der Waals surface area contributed by atoms with E-state index in [2.05, 4.69) is 28.0 Å². The zero-order valence-corrected chi connectivity index (χ0v) is 13.4. The Morgan fingerprint density at radius 2 is 2.26 bits per heavy atom.